The van der Waals surface area contributed by atoms with Gasteiger partial charge in [-0.05, 0) is 24.6 Å². The molecule has 0 saturated heterocycles. The third-order valence-corrected chi connectivity index (χ3v) is 6.68. The Morgan fingerprint density at radius 2 is 1.64 bits per heavy atom. The molecule has 5 heteroatoms. The van der Waals surface area contributed by atoms with Gasteiger partial charge in [0.1, 0.15) is 0 Å². The molecule has 0 aromatic heterocycles. The standard InChI is InChI=1S/C17H17NO2S2/c1-11-7-9-13(10-8-11)22(19,20)16-14(15(16)17(18)21)12-5-3-2-4-6-12/h2-10,14-16H,1H3,(H2,18,21). The number of benzene rings is 2. The first-order valence-electron chi connectivity index (χ1n) is 7.08. The van der Waals surface area contributed by atoms with Crippen molar-refractivity contribution < 1.29 is 8.42 Å². The van der Waals surface area contributed by atoms with Gasteiger partial charge in [-0.3, -0.25) is 0 Å². The zero-order valence-corrected chi connectivity index (χ0v) is 13.8. The van der Waals surface area contributed by atoms with Gasteiger partial charge in [0.25, 0.3) is 0 Å². The third-order valence-electron chi connectivity index (χ3n) is 4.17. The molecular formula is C17H17NO2S2. The summed E-state index contributed by atoms with van der Waals surface area (Å²) in [6, 6.07) is 16.5. The van der Waals surface area contributed by atoms with Gasteiger partial charge in [-0.1, -0.05) is 60.2 Å². The molecule has 0 heterocycles. The SMILES string of the molecule is Cc1ccc(S(=O)(=O)C2C(C(N)=S)C2c2ccccc2)cc1. The molecule has 3 rings (SSSR count). The van der Waals surface area contributed by atoms with Crippen molar-refractivity contribution in [1.29, 1.82) is 0 Å². The van der Waals surface area contributed by atoms with Crippen molar-refractivity contribution in [1.82, 2.24) is 0 Å². The predicted octanol–water partition coefficient (Wildman–Crippen LogP) is 2.84. The average molecular weight is 331 g/mol. The molecule has 1 saturated carbocycles. The Morgan fingerprint density at radius 1 is 1.05 bits per heavy atom. The van der Waals surface area contributed by atoms with Gasteiger partial charge < -0.3 is 5.73 Å². The highest BCUT2D eigenvalue weighted by atomic mass is 32.2. The van der Waals surface area contributed by atoms with Crippen LogP contribution in [0.25, 0.3) is 0 Å². The largest absolute Gasteiger partial charge is 0.393 e. The van der Waals surface area contributed by atoms with Crippen LogP contribution in [0, 0.1) is 12.8 Å². The second kappa shape index (κ2) is 5.48. The van der Waals surface area contributed by atoms with Gasteiger partial charge in [0, 0.05) is 11.8 Å². The van der Waals surface area contributed by atoms with Crippen LogP contribution in [0.3, 0.4) is 0 Å². The van der Waals surface area contributed by atoms with E-state index < -0.39 is 15.1 Å². The zero-order valence-electron chi connectivity index (χ0n) is 12.1. The second-order valence-electron chi connectivity index (χ2n) is 5.69. The molecule has 1 aliphatic carbocycles. The Labute approximate surface area is 136 Å². The molecule has 0 spiro atoms. The monoisotopic (exact) mass is 331 g/mol. The molecule has 1 fully saturated rings. The van der Waals surface area contributed by atoms with Gasteiger partial charge in [0.2, 0.25) is 0 Å². The van der Waals surface area contributed by atoms with Gasteiger partial charge in [0.05, 0.1) is 15.1 Å². The van der Waals surface area contributed by atoms with Crippen LogP contribution >= 0.6 is 12.2 Å². The average Bonchev–Trinajstić information content (AvgIpc) is 3.25. The summed E-state index contributed by atoms with van der Waals surface area (Å²) in [7, 11) is -3.44. The second-order valence-corrected chi connectivity index (χ2v) is 8.26. The molecule has 3 unspecified atom stereocenters. The van der Waals surface area contributed by atoms with Crippen molar-refractivity contribution >= 4 is 27.0 Å². The summed E-state index contributed by atoms with van der Waals surface area (Å²) in [5, 5.41) is -0.560. The number of rotatable bonds is 4. The van der Waals surface area contributed by atoms with Gasteiger partial charge in [-0.25, -0.2) is 8.42 Å². The highest BCUT2D eigenvalue weighted by molar-refractivity contribution is 7.92. The summed E-state index contributed by atoms with van der Waals surface area (Å²) in [6.07, 6.45) is 0. The molecule has 114 valence electrons. The number of hydrogen-bond donors (Lipinski definition) is 1. The van der Waals surface area contributed by atoms with Gasteiger partial charge in [-0.15, -0.1) is 0 Å². The lowest BCUT2D eigenvalue weighted by molar-refractivity contribution is 0.593. The van der Waals surface area contributed by atoms with Crippen molar-refractivity contribution in [2.75, 3.05) is 0 Å². The van der Waals surface area contributed by atoms with E-state index in [1.165, 1.54) is 0 Å². The Hall–Kier alpha value is -1.72. The molecular weight excluding hydrogens is 314 g/mol. The minimum atomic E-state index is -3.44. The molecule has 3 nitrogen and oxygen atoms in total. The Kier molecular flexibility index (Phi) is 3.78. The minimum absolute atomic E-state index is 0.148. The van der Waals surface area contributed by atoms with Crippen LogP contribution < -0.4 is 5.73 Å². The first-order chi connectivity index (χ1) is 10.4. The van der Waals surface area contributed by atoms with Crippen molar-refractivity contribution in [2.24, 2.45) is 11.7 Å². The van der Waals surface area contributed by atoms with E-state index in [0.717, 1.165) is 11.1 Å². The number of nitrogens with two attached hydrogens (primary N) is 1. The number of hydrogen-bond acceptors (Lipinski definition) is 3. The summed E-state index contributed by atoms with van der Waals surface area (Å²) >= 11 is 5.09. The predicted molar refractivity (Wildman–Crippen MR) is 91.6 cm³/mol. The smallest absolute Gasteiger partial charge is 0.182 e. The van der Waals surface area contributed by atoms with Crippen LogP contribution in [-0.4, -0.2) is 18.7 Å². The summed E-state index contributed by atoms with van der Waals surface area (Å²) in [6.45, 7) is 1.93. The van der Waals surface area contributed by atoms with Crippen molar-refractivity contribution in [3.8, 4) is 0 Å². The zero-order chi connectivity index (χ0) is 15.9. The maximum absolute atomic E-state index is 12.9. The lowest BCUT2D eigenvalue weighted by Crippen LogP contribution is -2.17. The first-order valence-corrected chi connectivity index (χ1v) is 9.03. The molecule has 0 amide bonds. The normalized spacial score (nSPS) is 24.0. The van der Waals surface area contributed by atoms with Crippen LogP contribution in [-0.2, 0) is 9.84 Å². The fraction of sp³-hybridized carbons (Fsp3) is 0.235. The van der Waals surface area contributed by atoms with Crippen LogP contribution in [0.5, 0.6) is 0 Å². The molecule has 0 aliphatic heterocycles. The molecule has 3 atom stereocenters. The van der Waals surface area contributed by atoms with Crippen LogP contribution in [0.4, 0.5) is 0 Å². The van der Waals surface area contributed by atoms with E-state index in [0.29, 0.717) is 4.90 Å². The maximum Gasteiger partial charge on any atom is 0.182 e. The summed E-state index contributed by atoms with van der Waals surface area (Å²) in [5.74, 6) is -0.436. The molecule has 0 radical (unpaired) electrons. The van der Waals surface area contributed by atoms with E-state index in [1.54, 1.807) is 12.1 Å². The van der Waals surface area contributed by atoms with E-state index in [-0.39, 0.29) is 16.8 Å². The van der Waals surface area contributed by atoms with Gasteiger partial charge in [-0.2, -0.15) is 0 Å². The van der Waals surface area contributed by atoms with E-state index in [1.807, 2.05) is 49.4 Å². The summed E-state index contributed by atoms with van der Waals surface area (Å²) in [4.78, 5) is 0.609. The molecule has 2 aromatic carbocycles. The summed E-state index contributed by atoms with van der Waals surface area (Å²) in [5.41, 5.74) is 7.78. The van der Waals surface area contributed by atoms with Crippen molar-refractivity contribution in [3.05, 3.63) is 65.7 Å². The van der Waals surface area contributed by atoms with E-state index >= 15 is 0 Å². The van der Waals surface area contributed by atoms with Crippen molar-refractivity contribution in [3.63, 3.8) is 0 Å². The van der Waals surface area contributed by atoms with Crippen LogP contribution in [0.15, 0.2) is 59.5 Å². The maximum atomic E-state index is 12.9. The third kappa shape index (κ3) is 2.55. The van der Waals surface area contributed by atoms with E-state index in [2.05, 4.69) is 0 Å². The van der Waals surface area contributed by atoms with E-state index in [4.69, 9.17) is 18.0 Å². The lowest BCUT2D eigenvalue weighted by Gasteiger charge is -2.05. The van der Waals surface area contributed by atoms with Gasteiger partial charge >= 0.3 is 0 Å². The Balaban J connectivity index is 1.99. The molecule has 2 aromatic rings. The van der Waals surface area contributed by atoms with E-state index in [9.17, 15) is 8.42 Å². The summed E-state index contributed by atoms with van der Waals surface area (Å²) < 4.78 is 25.8. The number of thiocarbonyl (C=S) groups is 1. The fourth-order valence-electron chi connectivity index (χ4n) is 2.97. The molecule has 2 N–H and O–H groups in total. The molecule has 1 aliphatic rings. The van der Waals surface area contributed by atoms with Gasteiger partial charge in [0.15, 0.2) is 9.84 Å². The quantitative estimate of drug-likeness (QED) is 0.875. The number of sulfone groups is 1. The Morgan fingerprint density at radius 3 is 2.18 bits per heavy atom. The number of aryl methyl sites for hydroxylation is 1. The lowest BCUT2D eigenvalue weighted by atomic mass is 10.1. The molecule has 22 heavy (non-hydrogen) atoms. The molecule has 0 bridgehead atoms. The highest BCUT2D eigenvalue weighted by Gasteiger charge is 2.60. The minimum Gasteiger partial charge on any atom is -0.393 e. The Bertz CT molecular complexity index is 798. The van der Waals surface area contributed by atoms with Crippen molar-refractivity contribution in [2.45, 2.75) is 23.0 Å². The van der Waals surface area contributed by atoms with Crippen LogP contribution in [0.2, 0.25) is 0 Å². The van der Waals surface area contributed by atoms with Crippen LogP contribution in [0.1, 0.15) is 17.0 Å². The topological polar surface area (TPSA) is 60.2 Å². The fourth-order valence-corrected chi connectivity index (χ4v) is 5.50. The first kappa shape index (κ1) is 15.2. The highest BCUT2D eigenvalue weighted by Crippen LogP contribution is 2.54.